The first kappa shape index (κ1) is 10.2. The largest absolute Gasteiger partial charge is 0.264 e. The number of halogens is 1. The van der Waals surface area contributed by atoms with Crippen LogP contribution in [0.4, 0.5) is 0 Å². The predicted octanol–water partition coefficient (Wildman–Crippen LogP) is 3.95. The first-order valence-corrected chi connectivity index (χ1v) is 5.68. The lowest BCUT2D eigenvalue weighted by Gasteiger charge is -2.05. The molecular formula is C14H9ClN2. The second-order valence-electron chi connectivity index (χ2n) is 3.76. The zero-order valence-electron chi connectivity index (χ0n) is 8.97. The van der Waals surface area contributed by atoms with Crippen molar-refractivity contribution < 1.29 is 0 Å². The van der Waals surface area contributed by atoms with Crippen LogP contribution in [0.25, 0.3) is 22.0 Å². The molecule has 0 aliphatic heterocycles. The van der Waals surface area contributed by atoms with Gasteiger partial charge in [-0.05, 0) is 18.2 Å². The second-order valence-corrected chi connectivity index (χ2v) is 4.12. The molecule has 1 aromatic carbocycles. The van der Waals surface area contributed by atoms with Gasteiger partial charge in [0.2, 0.25) is 0 Å². The molecule has 0 radical (unpaired) electrons. The van der Waals surface area contributed by atoms with E-state index in [2.05, 4.69) is 9.97 Å². The van der Waals surface area contributed by atoms with E-state index in [1.807, 2.05) is 42.5 Å². The second kappa shape index (κ2) is 4.15. The van der Waals surface area contributed by atoms with Gasteiger partial charge in [0.05, 0.1) is 5.52 Å². The molecule has 0 amide bonds. The highest BCUT2D eigenvalue weighted by atomic mass is 35.5. The quantitative estimate of drug-likeness (QED) is 0.602. The normalized spacial score (nSPS) is 10.6. The highest BCUT2D eigenvalue weighted by Crippen LogP contribution is 2.28. The molecule has 2 aromatic heterocycles. The van der Waals surface area contributed by atoms with Gasteiger partial charge in [-0.1, -0.05) is 35.9 Å². The topological polar surface area (TPSA) is 25.8 Å². The van der Waals surface area contributed by atoms with Gasteiger partial charge in [-0.25, -0.2) is 4.98 Å². The van der Waals surface area contributed by atoms with Gasteiger partial charge >= 0.3 is 0 Å². The van der Waals surface area contributed by atoms with Crippen molar-refractivity contribution >= 4 is 22.5 Å². The molecule has 0 spiro atoms. The Balaban J connectivity index is 2.27. The van der Waals surface area contributed by atoms with E-state index in [-0.39, 0.29) is 0 Å². The van der Waals surface area contributed by atoms with Crippen LogP contribution < -0.4 is 0 Å². The van der Waals surface area contributed by atoms with E-state index in [1.165, 1.54) is 0 Å². The molecule has 0 atom stereocenters. The Kier molecular flexibility index (Phi) is 2.50. The molecule has 0 saturated carbocycles. The van der Waals surface area contributed by atoms with E-state index in [1.54, 1.807) is 12.4 Å². The van der Waals surface area contributed by atoms with Crippen molar-refractivity contribution in [2.75, 3.05) is 0 Å². The molecule has 3 rings (SSSR count). The summed E-state index contributed by atoms with van der Waals surface area (Å²) in [6.45, 7) is 0. The van der Waals surface area contributed by atoms with Gasteiger partial charge in [0, 0.05) is 28.9 Å². The Morgan fingerprint density at radius 2 is 1.88 bits per heavy atom. The van der Waals surface area contributed by atoms with Crippen molar-refractivity contribution in [1.29, 1.82) is 0 Å². The number of hydrogen-bond donors (Lipinski definition) is 0. The maximum atomic E-state index is 6.20. The minimum atomic E-state index is 0.511. The summed E-state index contributed by atoms with van der Waals surface area (Å²) in [5.41, 5.74) is 2.80. The van der Waals surface area contributed by atoms with Crippen LogP contribution in [0, 0.1) is 0 Å². The molecule has 82 valence electrons. The molecule has 0 aliphatic rings. The summed E-state index contributed by atoms with van der Waals surface area (Å²) in [5.74, 6) is 0. The third-order valence-corrected chi connectivity index (χ3v) is 2.94. The highest BCUT2D eigenvalue weighted by Gasteiger charge is 2.06. The molecular weight excluding hydrogens is 232 g/mol. The highest BCUT2D eigenvalue weighted by molar-refractivity contribution is 6.32. The number of fused-ring (bicyclic) bond motifs is 1. The maximum absolute atomic E-state index is 6.20. The Morgan fingerprint density at radius 1 is 1.00 bits per heavy atom. The van der Waals surface area contributed by atoms with Crippen molar-refractivity contribution in [2.24, 2.45) is 0 Å². The van der Waals surface area contributed by atoms with E-state index in [0.717, 1.165) is 22.0 Å². The van der Waals surface area contributed by atoms with Gasteiger partial charge in [0.15, 0.2) is 0 Å². The van der Waals surface area contributed by atoms with Crippen LogP contribution >= 0.6 is 11.6 Å². The van der Waals surface area contributed by atoms with Gasteiger partial charge in [0.1, 0.15) is 5.15 Å². The van der Waals surface area contributed by atoms with Crippen LogP contribution in [-0.2, 0) is 0 Å². The van der Waals surface area contributed by atoms with Crippen LogP contribution in [0.15, 0.2) is 54.9 Å². The lowest BCUT2D eigenvalue weighted by atomic mass is 10.1. The average Bonchev–Trinajstić information content (AvgIpc) is 2.39. The minimum absolute atomic E-state index is 0.511. The predicted molar refractivity (Wildman–Crippen MR) is 70.0 cm³/mol. The van der Waals surface area contributed by atoms with Crippen molar-refractivity contribution in [3.05, 3.63) is 60.0 Å². The molecule has 0 aliphatic carbocycles. The summed E-state index contributed by atoms with van der Waals surface area (Å²) in [6.07, 6.45) is 3.53. The fourth-order valence-electron chi connectivity index (χ4n) is 1.82. The van der Waals surface area contributed by atoms with Gasteiger partial charge < -0.3 is 0 Å². The fourth-order valence-corrected chi connectivity index (χ4v) is 2.07. The lowest BCUT2D eigenvalue weighted by Crippen LogP contribution is -1.86. The van der Waals surface area contributed by atoms with Crippen LogP contribution in [-0.4, -0.2) is 9.97 Å². The Labute approximate surface area is 104 Å². The molecule has 2 heterocycles. The third kappa shape index (κ3) is 1.87. The zero-order chi connectivity index (χ0) is 11.7. The minimum Gasteiger partial charge on any atom is -0.264 e. The number of pyridine rings is 2. The third-order valence-electron chi connectivity index (χ3n) is 2.65. The summed E-state index contributed by atoms with van der Waals surface area (Å²) in [5, 5.41) is 1.59. The van der Waals surface area contributed by atoms with Gasteiger partial charge in [-0.15, -0.1) is 0 Å². The average molecular weight is 241 g/mol. The summed E-state index contributed by atoms with van der Waals surface area (Å²) in [6, 6.07) is 13.8. The van der Waals surface area contributed by atoms with Gasteiger partial charge in [-0.3, -0.25) is 4.98 Å². The summed E-state index contributed by atoms with van der Waals surface area (Å²) < 4.78 is 0. The molecule has 0 saturated heterocycles. The lowest BCUT2D eigenvalue weighted by molar-refractivity contribution is 1.32. The molecule has 0 bridgehead atoms. The first-order chi connectivity index (χ1) is 8.34. The summed E-state index contributed by atoms with van der Waals surface area (Å²) >= 11 is 6.20. The maximum Gasteiger partial charge on any atom is 0.137 e. The van der Waals surface area contributed by atoms with E-state index >= 15 is 0 Å². The fraction of sp³-hybridized carbons (Fsp3) is 0. The summed E-state index contributed by atoms with van der Waals surface area (Å²) in [7, 11) is 0. The van der Waals surface area contributed by atoms with E-state index < -0.39 is 0 Å². The molecule has 3 heteroatoms. The van der Waals surface area contributed by atoms with Crippen molar-refractivity contribution in [1.82, 2.24) is 9.97 Å². The van der Waals surface area contributed by atoms with Crippen molar-refractivity contribution in [3.8, 4) is 11.1 Å². The molecule has 0 fully saturated rings. The van der Waals surface area contributed by atoms with Crippen molar-refractivity contribution in [3.63, 3.8) is 0 Å². The first-order valence-electron chi connectivity index (χ1n) is 5.30. The molecule has 17 heavy (non-hydrogen) atoms. The van der Waals surface area contributed by atoms with Crippen LogP contribution in [0.1, 0.15) is 0 Å². The molecule has 0 unspecified atom stereocenters. The Hall–Kier alpha value is -1.93. The monoisotopic (exact) mass is 240 g/mol. The number of hydrogen-bond acceptors (Lipinski definition) is 2. The molecule has 3 aromatic rings. The van der Waals surface area contributed by atoms with Crippen molar-refractivity contribution in [2.45, 2.75) is 0 Å². The van der Waals surface area contributed by atoms with Crippen LogP contribution in [0.5, 0.6) is 0 Å². The number of benzene rings is 1. The van der Waals surface area contributed by atoms with Crippen LogP contribution in [0.2, 0.25) is 5.15 Å². The number of aromatic nitrogens is 2. The standard InChI is InChI=1S/C14H9ClN2/c15-14-12(11-5-3-7-16-9-11)8-10-4-1-2-6-13(10)17-14/h1-9H. The zero-order valence-corrected chi connectivity index (χ0v) is 9.72. The molecule has 2 nitrogen and oxygen atoms in total. The van der Waals surface area contributed by atoms with E-state index in [9.17, 15) is 0 Å². The Bertz CT molecular complexity index is 665. The smallest absolute Gasteiger partial charge is 0.137 e. The number of nitrogens with zero attached hydrogens (tertiary/aromatic N) is 2. The van der Waals surface area contributed by atoms with Crippen LogP contribution in [0.3, 0.4) is 0 Å². The molecule has 0 N–H and O–H groups in total. The van der Waals surface area contributed by atoms with Gasteiger partial charge in [0.25, 0.3) is 0 Å². The number of para-hydroxylation sites is 1. The van der Waals surface area contributed by atoms with Gasteiger partial charge in [-0.2, -0.15) is 0 Å². The number of rotatable bonds is 1. The Morgan fingerprint density at radius 3 is 2.71 bits per heavy atom. The van der Waals surface area contributed by atoms with E-state index in [0.29, 0.717) is 5.15 Å². The SMILES string of the molecule is Clc1nc2ccccc2cc1-c1cccnc1. The summed E-state index contributed by atoms with van der Waals surface area (Å²) in [4.78, 5) is 8.49. The van der Waals surface area contributed by atoms with E-state index in [4.69, 9.17) is 11.6 Å².